The van der Waals surface area contributed by atoms with Crippen LogP contribution in [0.1, 0.15) is 15.9 Å². The number of nitrogens with zero attached hydrogens (tertiary/aromatic N) is 1. The molecular weight excluding hydrogens is 245 g/mol. The molecule has 4 nitrogen and oxygen atoms in total. The normalized spacial score (nSPS) is 9.68. The van der Waals surface area contributed by atoms with Crippen LogP contribution in [-0.4, -0.2) is 5.91 Å². The lowest BCUT2D eigenvalue weighted by Crippen LogP contribution is -2.14. The van der Waals surface area contributed by atoms with Gasteiger partial charge in [0.15, 0.2) is 0 Å². The van der Waals surface area contributed by atoms with E-state index in [1.807, 2.05) is 6.07 Å². The highest BCUT2D eigenvalue weighted by Crippen LogP contribution is 2.18. The summed E-state index contributed by atoms with van der Waals surface area (Å²) in [5.74, 6) is -1.16. The average Bonchev–Trinajstić information content (AvgIpc) is 2.41. The van der Waals surface area contributed by atoms with Gasteiger partial charge in [-0.05, 0) is 30.3 Å². The number of para-hydroxylation sites is 1. The minimum atomic E-state index is -0.665. The van der Waals surface area contributed by atoms with Gasteiger partial charge in [-0.15, -0.1) is 0 Å². The molecular formula is C14H10FN3O. The molecule has 0 saturated heterocycles. The van der Waals surface area contributed by atoms with Crippen LogP contribution in [0.3, 0.4) is 0 Å². The number of rotatable bonds is 2. The summed E-state index contributed by atoms with van der Waals surface area (Å²) in [6, 6.07) is 12.1. The second-order valence-corrected chi connectivity index (χ2v) is 3.85. The van der Waals surface area contributed by atoms with Gasteiger partial charge in [0, 0.05) is 5.69 Å². The van der Waals surface area contributed by atoms with Crippen molar-refractivity contribution in [1.82, 2.24) is 0 Å². The van der Waals surface area contributed by atoms with Crippen molar-refractivity contribution in [3.63, 3.8) is 0 Å². The second-order valence-electron chi connectivity index (χ2n) is 3.85. The number of carbonyl (C=O) groups is 1. The van der Waals surface area contributed by atoms with Gasteiger partial charge in [0.1, 0.15) is 5.82 Å². The average molecular weight is 255 g/mol. The lowest BCUT2D eigenvalue weighted by Gasteiger charge is -2.08. The number of benzene rings is 2. The Morgan fingerprint density at radius 2 is 2.00 bits per heavy atom. The van der Waals surface area contributed by atoms with Crippen LogP contribution in [0.4, 0.5) is 15.8 Å². The molecule has 0 heterocycles. The van der Waals surface area contributed by atoms with E-state index in [-0.39, 0.29) is 16.8 Å². The highest BCUT2D eigenvalue weighted by Gasteiger charge is 2.11. The Balaban J connectivity index is 2.25. The molecule has 2 rings (SSSR count). The maximum atomic E-state index is 13.6. The summed E-state index contributed by atoms with van der Waals surface area (Å²) < 4.78 is 13.6. The first kappa shape index (κ1) is 12.6. The monoisotopic (exact) mass is 255 g/mol. The van der Waals surface area contributed by atoms with Crippen molar-refractivity contribution in [2.24, 2.45) is 0 Å². The van der Waals surface area contributed by atoms with Crippen LogP contribution in [0.2, 0.25) is 0 Å². The number of nitriles is 1. The van der Waals surface area contributed by atoms with E-state index in [0.717, 1.165) is 6.07 Å². The van der Waals surface area contributed by atoms with Crippen molar-refractivity contribution in [2.75, 3.05) is 11.1 Å². The maximum absolute atomic E-state index is 13.6. The summed E-state index contributed by atoms with van der Waals surface area (Å²) in [5, 5.41) is 11.0. The van der Waals surface area contributed by atoms with Gasteiger partial charge in [0.05, 0.1) is 22.9 Å². The number of halogens is 1. The molecule has 2 aromatic carbocycles. The van der Waals surface area contributed by atoms with Crippen LogP contribution in [0.5, 0.6) is 0 Å². The highest BCUT2D eigenvalue weighted by atomic mass is 19.1. The number of hydrogen-bond donors (Lipinski definition) is 2. The van der Waals surface area contributed by atoms with Gasteiger partial charge >= 0.3 is 0 Å². The molecule has 19 heavy (non-hydrogen) atoms. The molecule has 1 amide bonds. The number of anilines is 2. The molecule has 0 aliphatic rings. The third-order valence-electron chi connectivity index (χ3n) is 2.55. The number of nitrogen functional groups attached to an aromatic ring is 1. The van der Waals surface area contributed by atoms with Gasteiger partial charge in [-0.2, -0.15) is 5.26 Å². The van der Waals surface area contributed by atoms with Crippen LogP contribution >= 0.6 is 0 Å². The molecule has 0 atom stereocenters. The first-order valence-electron chi connectivity index (χ1n) is 5.47. The van der Waals surface area contributed by atoms with Gasteiger partial charge in [-0.3, -0.25) is 4.79 Å². The summed E-state index contributed by atoms with van der Waals surface area (Å²) in [4.78, 5) is 11.9. The molecule has 0 aliphatic heterocycles. The Bertz CT molecular complexity index is 677. The number of nitrogens with two attached hydrogens (primary N) is 1. The standard InChI is InChI=1S/C14H10FN3O/c15-11-7-9(8-16)5-6-13(11)18-14(19)10-3-1-2-4-12(10)17/h1-7H,17H2,(H,18,19). The fourth-order valence-electron chi connectivity index (χ4n) is 1.58. The smallest absolute Gasteiger partial charge is 0.257 e. The number of hydrogen-bond acceptors (Lipinski definition) is 3. The Labute approximate surface area is 109 Å². The Kier molecular flexibility index (Phi) is 3.44. The van der Waals surface area contributed by atoms with E-state index in [2.05, 4.69) is 5.32 Å². The minimum Gasteiger partial charge on any atom is -0.398 e. The van der Waals surface area contributed by atoms with Crippen LogP contribution in [0.15, 0.2) is 42.5 Å². The van der Waals surface area contributed by atoms with E-state index in [1.54, 1.807) is 24.3 Å². The third kappa shape index (κ3) is 2.69. The first-order chi connectivity index (χ1) is 9.11. The number of amides is 1. The predicted molar refractivity (Wildman–Crippen MR) is 69.9 cm³/mol. The Morgan fingerprint density at radius 3 is 2.63 bits per heavy atom. The summed E-state index contributed by atoms with van der Waals surface area (Å²) in [7, 11) is 0. The number of carbonyl (C=O) groups excluding carboxylic acids is 1. The SMILES string of the molecule is N#Cc1ccc(NC(=O)c2ccccc2N)c(F)c1. The molecule has 5 heteroatoms. The zero-order valence-corrected chi connectivity index (χ0v) is 9.85. The lowest BCUT2D eigenvalue weighted by molar-refractivity contribution is 0.102. The molecule has 3 N–H and O–H groups in total. The van der Waals surface area contributed by atoms with E-state index in [4.69, 9.17) is 11.0 Å². The van der Waals surface area contributed by atoms with Crippen molar-refractivity contribution in [3.05, 3.63) is 59.4 Å². The molecule has 94 valence electrons. The quantitative estimate of drug-likeness (QED) is 0.809. The first-order valence-corrected chi connectivity index (χ1v) is 5.47. The zero-order chi connectivity index (χ0) is 13.8. The molecule has 0 unspecified atom stereocenters. The lowest BCUT2D eigenvalue weighted by atomic mass is 10.1. The van der Waals surface area contributed by atoms with E-state index < -0.39 is 11.7 Å². The maximum Gasteiger partial charge on any atom is 0.257 e. The van der Waals surface area contributed by atoms with Crippen molar-refractivity contribution >= 4 is 17.3 Å². The molecule has 0 bridgehead atoms. The zero-order valence-electron chi connectivity index (χ0n) is 9.85. The van der Waals surface area contributed by atoms with E-state index >= 15 is 0 Å². The minimum absolute atomic E-state index is 0.00672. The molecule has 0 aliphatic carbocycles. The van der Waals surface area contributed by atoms with Crippen molar-refractivity contribution < 1.29 is 9.18 Å². The molecule has 0 radical (unpaired) electrons. The highest BCUT2D eigenvalue weighted by molar-refractivity contribution is 6.07. The van der Waals surface area contributed by atoms with Gasteiger partial charge in [-0.1, -0.05) is 12.1 Å². The topological polar surface area (TPSA) is 78.9 Å². The van der Waals surface area contributed by atoms with E-state index in [0.29, 0.717) is 5.69 Å². The fourth-order valence-corrected chi connectivity index (χ4v) is 1.58. The van der Waals surface area contributed by atoms with Crippen molar-refractivity contribution in [1.29, 1.82) is 5.26 Å². The van der Waals surface area contributed by atoms with Crippen LogP contribution in [0, 0.1) is 17.1 Å². The van der Waals surface area contributed by atoms with Crippen molar-refractivity contribution in [3.8, 4) is 6.07 Å². The largest absolute Gasteiger partial charge is 0.398 e. The summed E-state index contributed by atoms with van der Waals surface area (Å²) in [6.45, 7) is 0. The molecule has 0 spiro atoms. The fraction of sp³-hybridized carbons (Fsp3) is 0. The summed E-state index contributed by atoms with van der Waals surface area (Å²) in [6.07, 6.45) is 0. The van der Waals surface area contributed by atoms with Crippen LogP contribution < -0.4 is 11.1 Å². The Morgan fingerprint density at radius 1 is 1.26 bits per heavy atom. The predicted octanol–water partition coefficient (Wildman–Crippen LogP) is 2.53. The third-order valence-corrected chi connectivity index (χ3v) is 2.55. The van der Waals surface area contributed by atoms with Crippen LogP contribution in [-0.2, 0) is 0 Å². The second kappa shape index (κ2) is 5.19. The van der Waals surface area contributed by atoms with E-state index in [1.165, 1.54) is 12.1 Å². The van der Waals surface area contributed by atoms with Gasteiger partial charge in [0.2, 0.25) is 0 Å². The molecule has 2 aromatic rings. The molecule has 0 fully saturated rings. The van der Waals surface area contributed by atoms with Crippen molar-refractivity contribution in [2.45, 2.75) is 0 Å². The van der Waals surface area contributed by atoms with Gasteiger partial charge in [0.25, 0.3) is 5.91 Å². The van der Waals surface area contributed by atoms with Crippen LogP contribution in [0.25, 0.3) is 0 Å². The van der Waals surface area contributed by atoms with Gasteiger partial charge < -0.3 is 11.1 Å². The van der Waals surface area contributed by atoms with E-state index in [9.17, 15) is 9.18 Å². The molecule has 0 aromatic heterocycles. The summed E-state index contributed by atoms with van der Waals surface area (Å²) in [5.41, 5.74) is 6.44. The van der Waals surface area contributed by atoms with Gasteiger partial charge in [-0.25, -0.2) is 4.39 Å². The Hall–Kier alpha value is -2.87. The number of nitrogens with one attached hydrogen (secondary N) is 1. The summed E-state index contributed by atoms with van der Waals surface area (Å²) >= 11 is 0. The molecule has 0 saturated carbocycles.